The second kappa shape index (κ2) is 9.32. The second-order valence-corrected chi connectivity index (χ2v) is 9.20. The Morgan fingerprint density at radius 3 is 2.05 bits per heavy atom. The van der Waals surface area contributed by atoms with Gasteiger partial charge in [-0.25, -0.2) is 14.3 Å². The molecule has 0 saturated carbocycles. The molecule has 2 aliphatic heterocycles. The van der Waals surface area contributed by atoms with Gasteiger partial charge in [0.2, 0.25) is 6.17 Å². The minimum absolute atomic E-state index is 0.0177. The molecule has 0 aliphatic carbocycles. The zero-order valence-electron chi connectivity index (χ0n) is 19.7. The second-order valence-electron chi connectivity index (χ2n) is 8.76. The molecule has 0 fully saturated rings. The third-order valence-corrected chi connectivity index (χ3v) is 6.72. The summed E-state index contributed by atoms with van der Waals surface area (Å²) < 4.78 is 15.1. The van der Waals surface area contributed by atoms with Gasteiger partial charge in [-0.05, 0) is 42.5 Å². The third-order valence-electron chi connectivity index (χ3n) is 6.49. The monoisotopic (exact) mass is 524 g/mol. The minimum Gasteiger partial charge on any atom is -0.302 e. The fourth-order valence-electron chi connectivity index (χ4n) is 4.74. The molecule has 0 spiro atoms. The number of aromatic nitrogens is 1. The number of rotatable bonds is 4. The number of hydrogen-bond acceptors (Lipinski definition) is 5. The average Bonchev–Trinajstić information content (AvgIpc) is 3.11. The summed E-state index contributed by atoms with van der Waals surface area (Å²) in [5.41, 5.74) is 2.02. The van der Waals surface area contributed by atoms with Gasteiger partial charge in [0.05, 0.1) is 34.8 Å². The number of para-hydroxylation sites is 1. The number of halogens is 2. The molecule has 3 aromatic carbocycles. The maximum atomic E-state index is 15.1. The molecular formula is C29H18ClFN4O3. The van der Waals surface area contributed by atoms with Gasteiger partial charge in [-0.2, -0.15) is 0 Å². The number of carbonyl (C=O) groups excluding carboxylic acids is 3. The Morgan fingerprint density at radius 2 is 1.39 bits per heavy atom. The van der Waals surface area contributed by atoms with Crippen molar-refractivity contribution < 1.29 is 18.8 Å². The van der Waals surface area contributed by atoms with E-state index in [1.54, 1.807) is 66.7 Å². The summed E-state index contributed by atoms with van der Waals surface area (Å²) in [4.78, 5) is 52.2. The fraction of sp³-hybridized carbons (Fsp3) is 0.0690. The van der Waals surface area contributed by atoms with Crippen molar-refractivity contribution in [1.29, 1.82) is 0 Å². The van der Waals surface area contributed by atoms with Crippen molar-refractivity contribution >= 4 is 40.7 Å². The van der Waals surface area contributed by atoms with Crippen LogP contribution in [0.25, 0.3) is 0 Å². The Morgan fingerprint density at radius 1 is 0.789 bits per heavy atom. The van der Waals surface area contributed by atoms with Crippen molar-refractivity contribution in [3.05, 3.63) is 130 Å². The van der Waals surface area contributed by atoms with Crippen LogP contribution in [0.2, 0.25) is 5.02 Å². The Hall–Kier alpha value is -4.69. The zero-order chi connectivity index (χ0) is 26.4. The fourth-order valence-corrected chi connectivity index (χ4v) is 4.92. The van der Waals surface area contributed by atoms with Crippen molar-refractivity contribution in [3.63, 3.8) is 0 Å². The average molecular weight is 525 g/mol. The summed E-state index contributed by atoms with van der Waals surface area (Å²) >= 11 is 6.17. The Labute approximate surface area is 221 Å². The number of fused-ring (bicyclic) bond motifs is 2. The minimum atomic E-state index is -1.58. The van der Waals surface area contributed by atoms with Gasteiger partial charge >= 0.3 is 0 Å². The topological polar surface area (TPSA) is 82.9 Å². The van der Waals surface area contributed by atoms with Crippen molar-refractivity contribution in [2.24, 2.45) is 4.99 Å². The number of hydrogen-bond donors (Lipinski definition) is 0. The number of nitrogens with zero attached hydrogens (tertiary/aromatic N) is 4. The molecule has 1 aromatic heterocycles. The Bertz CT molecular complexity index is 1640. The highest BCUT2D eigenvalue weighted by molar-refractivity contribution is 6.30. The Balaban J connectivity index is 1.56. The van der Waals surface area contributed by atoms with E-state index in [0.717, 1.165) is 4.90 Å². The molecule has 4 aromatic rings. The van der Waals surface area contributed by atoms with Crippen molar-refractivity contribution in [3.8, 4) is 0 Å². The number of carbonyl (C=O) groups is 3. The van der Waals surface area contributed by atoms with Gasteiger partial charge in [0.15, 0.2) is 0 Å². The molecular weight excluding hydrogens is 507 g/mol. The first-order valence-corrected chi connectivity index (χ1v) is 12.1. The number of aliphatic imine (C=N–C) groups is 1. The van der Waals surface area contributed by atoms with Crippen LogP contribution in [0.4, 0.5) is 10.1 Å². The molecule has 0 unspecified atom stereocenters. The molecule has 2 aliphatic rings. The van der Waals surface area contributed by atoms with Crippen LogP contribution >= 0.6 is 11.6 Å². The number of benzodiazepines with no additional fused rings is 1. The van der Waals surface area contributed by atoms with Gasteiger partial charge in [-0.15, -0.1) is 0 Å². The van der Waals surface area contributed by atoms with E-state index >= 15 is 4.39 Å². The van der Waals surface area contributed by atoms with E-state index in [1.807, 2.05) is 0 Å². The van der Waals surface area contributed by atoms with Crippen molar-refractivity contribution in [2.75, 3.05) is 4.90 Å². The highest BCUT2D eigenvalue weighted by Crippen LogP contribution is 2.34. The molecule has 0 N–H and O–H groups in total. The van der Waals surface area contributed by atoms with Crippen LogP contribution in [0.3, 0.4) is 0 Å². The molecule has 9 heteroatoms. The maximum Gasteiger partial charge on any atom is 0.273 e. The van der Waals surface area contributed by atoms with Crippen LogP contribution in [0.15, 0.2) is 96.1 Å². The predicted octanol–water partition coefficient (Wildman–Crippen LogP) is 4.88. The van der Waals surface area contributed by atoms with Crippen LogP contribution in [0.1, 0.15) is 37.5 Å². The number of benzene rings is 3. The molecule has 3 heterocycles. The summed E-state index contributed by atoms with van der Waals surface area (Å²) in [6.07, 6.45) is -0.0574. The van der Waals surface area contributed by atoms with Gasteiger partial charge in [0, 0.05) is 22.3 Å². The predicted molar refractivity (Wildman–Crippen MR) is 140 cm³/mol. The number of anilines is 1. The first-order chi connectivity index (χ1) is 18.4. The lowest BCUT2D eigenvalue weighted by Crippen LogP contribution is -2.49. The SMILES string of the molecule is O=C1[C@H](N2C(=O)c3ccccc3C2=O)N=C(c2ccccc2F)c2ccccc2N1Cc1cc(Cl)ccn1. The highest BCUT2D eigenvalue weighted by Gasteiger charge is 2.46. The normalized spacial score (nSPS) is 16.7. The molecule has 1 atom stereocenters. The van der Waals surface area contributed by atoms with Crippen LogP contribution in [-0.4, -0.2) is 39.5 Å². The molecule has 0 saturated heterocycles. The van der Waals surface area contributed by atoms with E-state index in [4.69, 9.17) is 11.6 Å². The molecule has 3 amide bonds. The van der Waals surface area contributed by atoms with Gasteiger partial charge in [-0.3, -0.25) is 19.4 Å². The summed E-state index contributed by atoms with van der Waals surface area (Å²) in [6, 6.07) is 22.5. The smallest absolute Gasteiger partial charge is 0.273 e. The van der Waals surface area contributed by atoms with Crippen LogP contribution in [0, 0.1) is 5.82 Å². The highest BCUT2D eigenvalue weighted by atomic mass is 35.5. The van der Waals surface area contributed by atoms with Crippen LogP contribution < -0.4 is 4.90 Å². The van der Waals surface area contributed by atoms with E-state index in [-0.39, 0.29) is 28.9 Å². The van der Waals surface area contributed by atoms with E-state index < -0.39 is 29.7 Å². The summed E-state index contributed by atoms with van der Waals surface area (Å²) in [6.45, 7) is -0.0177. The molecule has 38 heavy (non-hydrogen) atoms. The molecule has 6 rings (SSSR count). The largest absolute Gasteiger partial charge is 0.302 e. The lowest BCUT2D eigenvalue weighted by Gasteiger charge is -2.28. The molecule has 186 valence electrons. The number of amides is 3. The van der Waals surface area contributed by atoms with Gasteiger partial charge in [0.1, 0.15) is 5.82 Å². The summed E-state index contributed by atoms with van der Waals surface area (Å²) in [5.74, 6) is -2.49. The standard InChI is InChI=1S/C29H18ClFN4O3/c30-17-13-14-32-18(15-17)16-34-24-12-6-4-10-22(24)25(21-9-3-5-11-23(21)31)33-26(29(34)38)35-27(36)19-7-1-2-8-20(19)28(35)37/h1-15,26H,16H2/t26-/m0/s1. The first-order valence-electron chi connectivity index (χ1n) is 11.7. The summed E-state index contributed by atoms with van der Waals surface area (Å²) in [5, 5.41) is 0.436. The lowest BCUT2D eigenvalue weighted by molar-refractivity contribution is -0.122. The van der Waals surface area contributed by atoms with Gasteiger partial charge in [-0.1, -0.05) is 54.1 Å². The van der Waals surface area contributed by atoms with Crippen molar-refractivity contribution in [2.45, 2.75) is 12.7 Å². The van der Waals surface area contributed by atoms with Gasteiger partial charge < -0.3 is 4.90 Å². The van der Waals surface area contributed by atoms with E-state index in [1.165, 1.54) is 29.3 Å². The molecule has 0 bridgehead atoms. The number of imide groups is 1. The first kappa shape index (κ1) is 23.7. The van der Waals surface area contributed by atoms with Crippen LogP contribution in [0.5, 0.6) is 0 Å². The third kappa shape index (κ3) is 3.86. The van der Waals surface area contributed by atoms with Gasteiger partial charge in [0.25, 0.3) is 17.7 Å². The van der Waals surface area contributed by atoms with E-state index in [2.05, 4.69) is 9.98 Å². The van der Waals surface area contributed by atoms with E-state index in [0.29, 0.717) is 22.0 Å². The van der Waals surface area contributed by atoms with Crippen LogP contribution in [-0.2, 0) is 11.3 Å². The molecule has 7 nitrogen and oxygen atoms in total. The maximum absolute atomic E-state index is 15.1. The summed E-state index contributed by atoms with van der Waals surface area (Å²) in [7, 11) is 0. The Kier molecular flexibility index (Phi) is 5.81. The number of pyridine rings is 1. The zero-order valence-corrected chi connectivity index (χ0v) is 20.5. The molecule has 0 radical (unpaired) electrons. The quantitative estimate of drug-likeness (QED) is 0.356. The lowest BCUT2D eigenvalue weighted by atomic mass is 9.99. The van der Waals surface area contributed by atoms with Crippen molar-refractivity contribution in [1.82, 2.24) is 9.88 Å². The van der Waals surface area contributed by atoms with E-state index in [9.17, 15) is 14.4 Å².